The minimum Gasteiger partial charge on any atom is -0.380 e. The van der Waals surface area contributed by atoms with Crippen molar-refractivity contribution in [3.63, 3.8) is 0 Å². The third kappa shape index (κ3) is 2.57. The Labute approximate surface area is 73.8 Å². The highest BCUT2D eigenvalue weighted by Gasteiger charge is 2.00. The summed E-state index contributed by atoms with van der Waals surface area (Å²) in [7, 11) is 1.93. The summed E-state index contributed by atoms with van der Waals surface area (Å²) in [5, 5.41) is 7.46. The molecule has 1 heterocycles. The van der Waals surface area contributed by atoms with Gasteiger partial charge in [0.1, 0.15) is 0 Å². The normalized spacial score (nSPS) is 12.9. The molecule has 0 aliphatic rings. The van der Waals surface area contributed by atoms with Gasteiger partial charge in [0.05, 0.1) is 11.9 Å². The molecule has 3 heteroatoms. The molecule has 0 amide bonds. The molecule has 0 spiro atoms. The van der Waals surface area contributed by atoms with Crippen LogP contribution in [0.5, 0.6) is 0 Å². The Hall–Kier alpha value is -0.990. The Morgan fingerprint density at radius 2 is 2.42 bits per heavy atom. The first-order chi connectivity index (χ1) is 5.72. The van der Waals surface area contributed by atoms with E-state index in [-0.39, 0.29) is 0 Å². The zero-order valence-corrected chi connectivity index (χ0v) is 8.04. The van der Waals surface area contributed by atoms with Crippen LogP contribution in [0.2, 0.25) is 0 Å². The second-order valence-corrected chi connectivity index (χ2v) is 3.24. The standard InChI is InChI=1S/C9H17N3/c1-4-5-8(2)11-9-6-10-12(3)7-9/h6-8,11H,4-5H2,1-3H3/t8-/m1/s1. The highest BCUT2D eigenvalue weighted by atomic mass is 15.3. The van der Waals surface area contributed by atoms with Crippen LogP contribution >= 0.6 is 0 Å². The molecular weight excluding hydrogens is 150 g/mol. The molecule has 1 atom stereocenters. The van der Waals surface area contributed by atoms with Gasteiger partial charge in [-0.3, -0.25) is 4.68 Å². The van der Waals surface area contributed by atoms with Crippen LogP contribution in [0.15, 0.2) is 12.4 Å². The predicted molar refractivity (Wildman–Crippen MR) is 51.2 cm³/mol. The Kier molecular flexibility index (Phi) is 3.14. The van der Waals surface area contributed by atoms with E-state index >= 15 is 0 Å². The van der Waals surface area contributed by atoms with E-state index in [2.05, 4.69) is 24.3 Å². The van der Waals surface area contributed by atoms with Gasteiger partial charge in [-0.15, -0.1) is 0 Å². The fourth-order valence-electron chi connectivity index (χ4n) is 1.29. The summed E-state index contributed by atoms with van der Waals surface area (Å²) in [5.74, 6) is 0. The van der Waals surface area contributed by atoms with E-state index < -0.39 is 0 Å². The van der Waals surface area contributed by atoms with Crippen LogP contribution in [0.3, 0.4) is 0 Å². The summed E-state index contributed by atoms with van der Waals surface area (Å²) in [6.07, 6.45) is 6.27. The number of hydrogen-bond donors (Lipinski definition) is 1. The average molecular weight is 167 g/mol. The average Bonchev–Trinajstić information content (AvgIpc) is 2.36. The SMILES string of the molecule is CCC[C@@H](C)Nc1cnn(C)c1. The van der Waals surface area contributed by atoms with Crippen molar-refractivity contribution >= 4 is 5.69 Å². The molecule has 1 aromatic rings. The lowest BCUT2D eigenvalue weighted by atomic mass is 10.2. The number of hydrogen-bond acceptors (Lipinski definition) is 2. The fourth-order valence-corrected chi connectivity index (χ4v) is 1.29. The molecule has 3 nitrogen and oxygen atoms in total. The van der Waals surface area contributed by atoms with Gasteiger partial charge in [0.15, 0.2) is 0 Å². The van der Waals surface area contributed by atoms with Gasteiger partial charge < -0.3 is 5.32 Å². The molecule has 0 aliphatic heterocycles. The fraction of sp³-hybridized carbons (Fsp3) is 0.667. The second-order valence-electron chi connectivity index (χ2n) is 3.24. The van der Waals surface area contributed by atoms with Crippen molar-refractivity contribution < 1.29 is 0 Å². The van der Waals surface area contributed by atoms with Crippen molar-refractivity contribution in [2.45, 2.75) is 32.7 Å². The summed E-state index contributed by atoms with van der Waals surface area (Å²) in [5.41, 5.74) is 1.11. The van der Waals surface area contributed by atoms with Gasteiger partial charge in [-0.2, -0.15) is 5.10 Å². The molecule has 0 fully saturated rings. The molecule has 0 bridgehead atoms. The molecule has 1 aromatic heterocycles. The number of nitrogens with zero attached hydrogens (tertiary/aromatic N) is 2. The summed E-state index contributed by atoms with van der Waals surface area (Å²) in [6, 6.07) is 0.541. The maximum absolute atomic E-state index is 4.08. The molecule has 0 radical (unpaired) electrons. The molecule has 1 rings (SSSR count). The molecule has 0 unspecified atom stereocenters. The lowest BCUT2D eigenvalue weighted by Crippen LogP contribution is -2.13. The smallest absolute Gasteiger partial charge is 0.0728 e. The summed E-state index contributed by atoms with van der Waals surface area (Å²) in [4.78, 5) is 0. The van der Waals surface area contributed by atoms with E-state index in [4.69, 9.17) is 0 Å². The van der Waals surface area contributed by atoms with Crippen LogP contribution in [0.1, 0.15) is 26.7 Å². The van der Waals surface area contributed by atoms with Crippen LogP contribution in [0.4, 0.5) is 5.69 Å². The molecule has 0 aromatic carbocycles. The Morgan fingerprint density at radius 3 is 2.92 bits per heavy atom. The Balaban J connectivity index is 2.41. The Bertz CT molecular complexity index is 229. The zero-order valence-electron chi connectivity index (χ0n) is 8.04. The number of aromatic nitrogens is 2. The molecule has 0 aliphatic carbocycles. The largest absolute Gasteiger partial charge is 0.380 e. The minimum absolute atomic E-state index is 0.541. The van der Waals surface area contributed by atoms with Crippen LogP contribution < -0.4 is 5.32 Å². The molecule has 1 N–H and O–H groups in total. The predicted octanol–water partition coefficient (Wildman–Crippen LogP) is 2.02. The van der Waals surface area contributed by atoms with Gasteiger partial charge >= 0.3 is 0 Å². The van der Waals surface area contributed by atoms with E-state index in [1.165, 1.54) is 12.8 Å². The van der Waals surface area contributed by atoms with Crippen LogP contribution in [-0.4, -0.2) is 15.8 Å². The quantitative estimate of drug-likeness (QED) is 0.743. The Morgan fingerprint density at radius 1 is 1.67 bits per heavy atom. The molecule has 12 heavy (non-hydrogen) atoms. The van der Waals surface area contributed by atoms with Crippen molar-refractivity contribution in [2.75, 3.05) is 5.32 Å². The van der Waals surface area contributed by atoms with Gasteiger partial charge in [-0.05, 0) is 13.3 Å². The van der Waals surface area contributed by atoms with Gasteiger partial charge in [0.25, 0.3) is 0 Å². The first-order valence-corrected chi connectivity index (χ1v) is 4.47. The van der Waals surface area contributed by atoms with Gasteiger partial charge in [-0.1, -0.05) is 13.3 Å². The number of anilines is 1. The topological polar surface area (TPSA) is 29.9 Å². The lowest BCUT2D eigenvalue weighted by Gasteiger charge is -2.11. The van der Waals surface area contributed by atoms with E-state index in [9.17, 15) is 0 Å². The van der Waals surface area contributed by atoms with E-state index in [1.54, 1.807) is 4.68 Å². The number of rotatable bonds is 4. The highest BCUT2D eigenvalue weighted by molar-refractivity contribution is 5.38. The van der Waals surface area contributed by atoms with Crippen molar-refractivity contribution in [1.29, 1.82) is 0 Å². The van der Waals surface area contributed by atoms with Crippen LogP contribution in [0.25, 0.3) is 0 Å². The van der Waals surface area contributed by atoms with Crippen molar-refractivity contribution in [2.24, 2.45) is 7.05 Å². The maximum Gasteiger partial charge on any atom is 0.0728 e. The van der Waals surface area contributed by atoms with Crippen LogP contribution in [-0.2, 0) is 7.05 Å². The first kappa shape index (κ1) is 9.10. The minimum atomic E-state index is 0.541. The van der Waals surface area contributed by atoms with Crippen LogP contribution in [0, 0.1) is 0 Å². The summed E-state index contributed by atoms with van der Waals surface area (Å²) in [6.45, 7) is 4.39. The molecule has 0 saturated heterocycles. The molecular formula is C9H17N3. The molecule has 0 saturated carbocycles. The monoisotopic (exact) mass is 167 g/mol. The maximum atomic E-state index is 4.08. The lowest BCUT2D eigenvalue weighted by molar-refractivity contribution is 0.690. The first-order valence-electron chi connectivity index (χ1n) is 4.47. The van der Waals surface area contributed by atoms with Crippen molar-refractivity contribution in [1.82, 2.24) is 9.78 Å². The number of aryl methyl sites for hydroxylation is 1. The highest BCUT2D eigenvalue weighted by Crippen LogP contribution is 2.08. The third-order valence-electron chi connectivity index (χ3n) is 1.84. The second kappa shape index (κ2) is 4.14. The van der Waals surface area contributed by atoms with E-state index in [0.29, 0.717) is 6.04 Å². The summed E-state index contributed by atoms with van der Waals surface area (Å²) < 4.78 is 1.81. The third-order valence-corrected chi connectivity index (χ3v) is 1.84. The van der Waals surface area contributed by atoms with E-state index in [0.717, 1.165) is 5.69 Å². The number of nitrogens with one attached hydrogen (secondary N) is 1. The molecule has 68 valence electrons. The van der Waals surface area contributed by atoms with Crippen molar-refractivity contribution in [3.05, 3.63) is 12.4 Å². The van der Waals surface area contributed by atoms with E-state index in [1.807, 2.05) is 19.4 Å². The van der Waals surface area contributed by atoms with Gasteiger partial charge in [-0.25, -0.2) is 0 Å². The van der Waals surface area contributed by atoms with Gasteiger partial charge in [0, 0.05) is 19.3 Å². The van der Waals surface area contributed by atoms with Gasteiger partial charge in [0.2, 0.25) is 0 Å². The zero-order chi connectivity index (χ0) is 8.97. The van der Waals surface area contributed by atoms with Crippen molar-refractivity contribution in [3.8, 4) is 0 Å². The summed E-state index contributed by atoms with van der Waals surface area (Å²) >= 11 is 0.